The molecule has 2 rings (SSSR count). The van der Waals surface area contributed by atoms with E-state index in [2.05, 4.69) is 25.3 Å². The molecule has 0 bridgehead atoms. The molecule has 2 aromatic rings. The van der Waals surface area contributed by atoms with Crippen molar-refractivity contribution < 1.29 is 18.4 Å². The summed E-state index contributed by atoms with van der Waals surface area (Å²) in [5, 5.41) is 13.6. The highest BCUT2D eigenvalue weighted by Gasteiger charge is 2.27. The van der Waals surface area contributed by atoms with E-state index in [9.17, 15) is 13.2 Å². The molecule has 0 saturated carbocycles. The van der Waals surface area contributed by atoms with Gasteiger partial charge in [0.15, 0.2) is 0 Å². The van der Waals surface area contributed by atoms with Crippen molar-refractivity contribution in [1.82, 2.24) is 19.9 Å². The summed E-state index contributed by atoms with van der Waals surface area (Å²) in [6.45, 7) is -0.970. The van der Waals surface area contributed by atoms with Crippen molar-refractivity contribution in [2.45, 2.75) is 12.7 Å². The minimum absolute atomic E-state index is 0.00744. The van der Waals surface area contributed by atoms with Gasteiger partial charge in [0.05, 0.1) is 0 Å². The number of hydrogen-bond donors (Lipinski definition) is 4. The van der Waals surface area contributed by atoms with Gasteiger partial charge in [-0.05, 0) is 17.7 Å². The van der Waals surface area contributed by atoms with E-state index in [-0.39, 0.29) is 17.8 Å². The molecule has 0 fully saturated rings. The molecule has 0 radical (unpaired) electrons. The van der Waals surface area contributed by atoms with Crippen molar-refractivity contribution in [3.05, 3.63) is 30.1 Å². The number of aromatic nitrogens is 4. The Balaban J connectivity index is 2.06. The maximum absolute atomic E-state index is 12.2. The smallest absolute Gasteiger partial charge is 0.350 e. The summed E-state index contributed by atoms with van der Waals surface area (Å²) in [6.07, 6.45) is -1.22. The maximum Gasteiger partial charge on any atom is 0.405 e. The van der Waals surface area contributed by atoms with E-state index >= 15 is 0 Å². The van der Waals surface area contributed by atoms with Crippen LogP contribution < -0.4 is 16.1 Å². The van der Waals surface area contributed by atoms with Crippen LogP contribution in [-0.4, -0.2) is 37.9 Å². The highest BCUT2D eigenvalue weighted by Crippen LogP contribution is 2.16. The van der Waals surface area contributed by atoms with E-state index in [0.29, 0.717) is 6.54 Å². The lowest BCUT2D eigenvalue weighted by atomic mass is 10.3. The van der Waals surface area contributed by atoms with Gasteiger partial charge in [-0.3, -0.25) is 10.2 Å². The summed E-state index contributed by atoms with van der Waals surface area (Å²) < 4.78 is 36.5. The van der Waals surface area contributed by atoms with Crippen molar-refractivity contribution in [1.29, 1.82) is 0 Å². The molecule has 8 nitrogen and oxygen atoms in total. The van der Waals surface area contributed by atoms with Crippen LogP contribution in [0.15, 0.2) is 24.5 Å². The van der Waals surface area contributed by atoms with E-state index in [1.54, 1.807) is 30.0 Å². The number of halogens is 3. The SMILES string of the molecule is ONc1nc(NCc2ccncc2)nc(NCC(F)(F)F)n1. The molecule has 0 saturated heterocycles. The van der Waals surface area contributed by atoms with Crippen LogP contribution in [0.4, 0.5) is 31.0 Å². The Kier molecular flexibility index (Phi) is 4.88. The van der Waals surface area contributed by atoms with Crippen LogP contribution in [0.25, 0.3) is 0 Å². The van der Waals surface area contributed by atoms with Crippen LogP contribution >= 0.6 is 0 Å². The van der Waals surface area contributed by atoms with E-state index < -0.39 is 12.7 Å². The molecular formula is C11H12F3N7O. The molecule has 11 heteroatoms. The number of rotatable bonds is 6. The third-order valence-corrected chi connectivity index (χ3v) is 2.38. The van der Waals surface area contributed by atoms with Gasteiger partial charge in [0, 0.05) is 18.9 Å². The molecule has 0 aliphatic heterocycles. The first kappa shape index (κ1) is 15.7. The van der Waals surface area contributed by atoms with Gasteiger partial charge in [-0.15, -0.1) is 0 Å². The third kappa shape index (κ3) is 5.01. The lowest BCUT2D eigenvalue weighted by Gasteiger charge is -2.11. The number of hydrogen-bond acceptors (Lipinski definition) is 8. The second-order valence-electron chi connectivity index (χ2n) is 4.10. The fourth-order valence-electron chi connectivity index (χ4n) is 1.45. The van der Waals surface area contributed by atoms with Gasteiger partial charge in [-0.1, -0.05) is 0 Å². The van der Waals surface area contributed by atoms with Crippen molar-refractivity contribution in [2.75, 3.05) is 22.7 Å². The average molecular weight is 315 g/mol. The first-order valence-corrected chi connectivity index (χ1v) is 6.06. The third-order valence-electron chi connectivity index (χ3n) is 2.38. The maximum atomic E-state index is 12.2. The normalized spacial score (nSPS) is 11.1. The average Bonchev–Trinajstić information content (AvgIpc) is 2.51. The molecule has 2 heterocycles. The number of pyridine rings is 1. The molecule has 118 valence electrons. The van der Waals surface area contributed by atoms with Crippen LogP contribution in [0.1, 0.15) is 5.56 Å². The lowest BCUT2D eigenvalue weighted by Crippen LogP contribution is -2.23. The summed E-state index contributed by atoms with van der Waals surface area (Å²) in [5.41, 5.74) is 2.54. The highest BCUT2D eigenvalue weighted by atomic mass is 19.4. The quantitative estimate of drug-likeness (QED) is 0.596. The molecule has 0 amide bonds. The molecule has 0 aromatic carbocycles. The molecular weight excluding hydrogens is 303 g/mol. The van der Waals surface area contributed by atoms with Crippen molar-refractivity contribution in [3.8, 4) is 0 Å². The van der Waals surface area contributed by atoms with E-state index in [1.807, 2.05) is 5.32 Å². The molecule has 4 N–H and O–H groups in total. The van der Waals surface area contributed by atoms with Crippen LogP contribution in [0.2, 0.25) is 0 Å². The Morgan fingerprint density at radius 2 is 1.55 bits per heavy atom. The molecule has 0 atom stereocenters. The van der Waals surface area contributed by atoms with Gasteiger partial charge in [0.2, 0.25) is 11.9 Å². The van der Waals surface area contributed by atoms with Crippen LogP contribution in [0, 0.1) is 0 Å². The van der Waals surface area contributed by atoms with Gasteiger partial charge >= 0.3 is 6.18 Å². The molecule has 0 unspecified atom stereocenters. The number of anilines is 3. The monoisotopic (exact) mass is 315 g/mol. The van der Waals surface area contributed by atoms with Crippen LogP contribution in [-0.2, 0) is 6.54 Å². The Labute approximate surface area is 122 Å². The number of alkyl halides is 3. The van der Waals surface area contributed by atoms with Crippen molar-refractivity contribution in [3.63, 3.8) is 0 Å². The first-order chi connectivity index (χ1) is 10.5. The largest absolute Gasteiger partial charge is 0.405 e. The summed E-state index contributed by atoms with van der Waals surface area (Å²) in [7, 11) is 0. The topological polar surface area (TPSA) is 108 Å². The van der Waals surface area contributed by atoms with Crippen LogP contribution in [0.5, 0.6) is 0 Å². The Morgan fingerprint density at radius 1 is 0.955 bits per heavy atom. The van der Waals surface area contributed by atoms with Gasteiger partial charge < -0.3 is 10.6 Å². The molecule has 0 aliphatic carbocycles. The molecule has 0 aliphatic rings. The predicted molar refractivity (Wildman–Crippen MR) is 71.3 cm³/mol. The second kappa shape index (κ2) is 6.85. The molecule has 0 spiro atoms. The zero-order chi connectivity index (χ0) is 16.0. The van der Waals surface area contributed by atoms with Gasteiger partial charge in [0.25, 0.3) is 5.95 Å². The van der Waals surface area contributed by atoms with Crippen molar-refractivity contribution in [2.24, 2.45) is 0 Å². The minimum atomic E-state index is -4.41. The summed E-state index contributed by atoms with van der Waals surface area (Å²) >= 11 is 0. The fourth-order valence-corrected chi connectivity index (χ4v) is 1.45. The fraction of sp³-hybridized carbons (Fsp3) is 0.273. The van der Waals surface area contributed by atoms with E-state index in [1.165, 1.54) is 0 Å². The predicted octanol–water partition coefficient (Wildman–Crippen LogP) is 1.65. The van der Waals surface area contributed by atoms with E-state index in [4.69, 9.17) is 5.21 Å². The second-order valence-corrected chi connectivity index (χ2v) is 4.10. The summed E-state index contributed by atoms with van der Waals surface area (Å²) in [4.78, 5) is 15.0. The van der Waals surface area contributed by atoms with E-state index in [0.717, 1.165) is 5.56 Å². The Bertz CT molecular complexity index is 608. The molecule has 2 aromatic heterocycles. The minimum Gasteiger partial charge on any atom is -0.350 e. The van der Waals surface area contributed by atoms with Gasteiger partial charge in [-0.25, -0.2) is 5.48 Å². The van der Waals surface area contributed by atoms with Crippen molar-refractivity contribution >= 4 is 17.8 Å². The summed E-state index contributed by atoms with van der Waals surface area (Å²) in [5.74, 6) is -0.592. The van der Waals surface area contributed by atoms with Crippen LogP contribution in [0.3, 0.4) is 0 Å². The Morgan fingerprint density at radius 3 is 2.14 bits per heavy atom. The standard InChI is InChI=1S/C11H12F3N7O/c12-11(13,14)6-17-9-18-8(19-10(20-9)21-22)16-5-7-1-3-15-4-2-7/h1-4,22H,5-6H2,(H3,16,17,18,19,20,21). The van der Waals surface area contributed by atoms with Gasteiger partial charge in [-0.2, -0.15) is 28.1 Å². The highest BCUT2D eigenvalue weighted by molar-refractivity contribution is 5.41. The first-order valence-electron chi connectivity index (χ1n) is 6.06. The molecule has 22 heavy (non-hydrogen) atoms. The zero-order valence-electron chi connectivity index (χ0n) is 11.1. The lowest BCUT2D eigenvalue weighted by molar-refractivity contribution is -0.115. The number of nitrogens with zero attached hydrogens (tertiary/aromatic N) is 4. The number of nitrogens with one attached hydrogen (secondary N) is 3. The zero-order valence-corrected chi connectivity index (χ0v) is 11.1. The summed E-state index contributed by atoms with van der Waals surface area (Å²) in [6, 6.07) is 3.50. The van der Waals surface area contributed by atoms with Gasteiger partial charge in [0.1, 0.15) is 6.54 Å². The Hall–Kier alpha value is -2.69.